The number of rotatable bonds is 23. The van der Waals surface area contributed by atoms with E-state index in [2.05, 4.69) is 39.5 Å². The van der Waals surface area contributed by atoms with Crippen molar-refractivity contribution < 1.29 is 65.8 Å². The van der Waals surface area contributed by atoms with Crippen LogP contribution in [-0.4, -0.2) is 75.3 Å². The number of phosphoric acid groups is 3. The van der Waals surface area contributed by atoms with Crippen LogP contribution in [0.5, 0.6) is 0 Å². The minimum atomic E-state index is -5.84. The van der Waals surface area contributed by atoms with Gasteiger partial charge in [-0.3, -0.25) is 18.8 Å². The van der Waals surface area contributed by atoms with Crippen LogP contribution in [0.25, 0.3) is 11.2 Å². The van der Waals surface area contributed by atoms with Crippen molar-refractivity contribution in [2.75, 3.05) is 12.3 Å². The van der Waals surface area contributed by atoms with Crippen LogP contribution in [-0.2, 0) is 40.9 Å². The second kappa shape index (κ2) is 18.9. The Morgan fingerprint density at radius 1 is 0.833 bits per heavy atom. The Labute approximate surface area is 278 Å². The molecule has 7 N–H and O–H groups in total. The van der Waals surface area contributed by atoms with Gasteiger partial charge in [0, 0.05) is 6.42 Å². The lowest BCUT2D eigenvalue weighted by molar-refractivity contribution is -0.135. The number of aliphatic hydroxyl groups is 2. The Morgan fingerprint density at radius 3 is 2.00 bits per heavy atom. The van der Waals surface area contributed by atoms with Crippen LogP contribution < -0.4 is 5.73 Å². The van der Waals surface area contributed by atoms with Crippen LogP contribution in [0.4, 0.5) is 5.82 Å². The summed E-state index contributed by atoms with van der Waals surface area (Å²) in [5.74, 6) is -1.15. The average Bonchev–Trinajstić information content (AvgIpc) is 3.54. The zero-order chi connectivity index (χ0) is 35.4. The molecule has 0 radical (unpaired) electrons. The Kier molecular flexibility index (Phi) is 16.0. The van der Waals surface area contributed by atoms with Gasteiger partial charge in [-0.05, 0) is 6.42 Å². The minimum Gasteiger partial charge on any atom is -0.387 e. The molecule has 0 bridgehead atoms. The van der Waals surface area contributed by atoms with Crippen molar-refractivity contribution in [2.45, 2.75) is 121 Å². The molecule has 19 nitrogen and oxygen atoms in total. The number of ether oxygens (including phenoxy) is 1. The minimum absolute atomic E-state index is 0.0395. The second-order valence-corrected chi connectivity index (χ2v) is 16.0. The smallest absolute Gasteiger partial charge is 0.387 e. The van der Waals surface area contributed by atoms with Crippen molar-refractivity contribution in [1.29, 1.82) is 0 Å². The molecule has 0 amide bonds. The summed E-state index contributed by atoms with van der Waals surface area (Å²) in [5, 5.41) is 20.9. The standard InChI is InChI=1S/C26H46N5O14P3/c1-2-3-4-5-6-7-8-9-10-11-12-13-14-15-20(32)43-47(37,38)45-48(39,40)44-46(35,36)41-16-19-22(33)23(34)26(42-19)31-18-30-21-24(27)28-17-29-25(21)31/h17-19,22-23,26,33-34H,2-16H2,1H3,(H,35,36)(H,37,38)(H,39,40)(H2,27,28,29)/t19-,22-,23-,26-/m1/s1. The van der Waals surface area contributed by atoms with Crippen molar-refractivity contribution in [3.8, 4) is 0 Å². The number of anilines is 1. The lowest BCUT2D eigenvalue weighted by Gasteiger charge is -2.20. The predicted octanol–water partition coefficient (Wildman–Crippen LogP) is 4.40. The summed E-state index contributed by atoms with van der Waals surface area (Å²) < 4.78 is 60.3. The van der Waals surface area contributed by atoms with E-state index in [1.807, 2.05) is 0 Å². The molecule has 2 aromatic rings. The zero-order valence-electron chi connectivity index (χ0n) is 26.7. The monoisotopic (exact) mass is 745 g/mol. The number of aromatic nitrogens is 4. The number of imidazole rings is 1. The normalized spacial score (nSPS) is 23.5. The third-order valence-electron chi connectivity index (χ3n) is 7.51. The molecule has 1 aliphatic heterocycles. The predicted molar refractivity (Wildman–Crippen MR) is 170 cm³/mol. The van der Waals surface area contributed by atoms with E-state index >= 15 is 0 Å². The van der Waals surface area contributed by atoms with Crippen LogP contribution in [0.1, 0.15) is 103 Å². The van der Waals surface area contributed by atoms with E-state index in [1.54, 1.807) is 0 Å². The maximum absolute atomic E-state index is 12.3. The lowest BCUT2D eigenvalue weighted by atomic mass is 10.0. The number of hydrogen-bond donors (Lipinski definition) is 6. The highest BCUT2D eigenvalue weighted by molar-refractivity contribution is 7.67. The number of unbranched alkanes of at least 4 members (excludes halogenated alkanes) is 12. The fraction of sp³-hybridized carbons (Fsp3) is 0.769. The maximum atomic E-state index is 12.3. The molecular formula is C26H46N5O14P3. The molecule has 0 aromatic carbocycles. The number of carbonyl (C=O) groups excluding carboxylic acids is 1. The summed E-state index contributed by atoms with van der Waals surface area (Å²) >= 11 is 0. The van der Waals surface area contributed by atoms with E-state index in [0.717, 1.165) is 32.0 Å². The molecule has 0 aliphatic carbocycles. The summed E-state index contributed by atoms with van der Waals surface area (Å²) in [5.41, 5.74) is 6.07. The van der Waals surface area contributed by atoms with Crippen molar-refractivity contribution in [2.24, 2.45) is 0 Å². The third-order valence-corrected chi connectivity index (χ3v) is 11.7. The van der Waals surface area contributed by atoms with E-state index in [1.165, 1.54) is 55.8 Å². The van der Waals surface area contributed by atoms with Crippen LogP contribution in [0.3, 0.4) is 0 Å². The Bertz CT molecular complexity index is 1460. The number of nitrogen functional groups attached to an aromatic ring is 1. The molecule has 1 saturated heterocycles. The largest absolute Gasteiger partial charge is 0.538 e. The van der Waals surface area contributed by atoms with Crippen LogP contribution in [0.2, 0.25) is 0 Å². The van der Waals surface area contributed by atoms with Gasteiger partial charge in [-0.2, -0.15) is 8.62 Å². The molecule has 7 atom stereocenters. The molecule has 22 heteroatoms. The van der Waals surface area contributed by atoms with Gasteiger partial charge in [-0.1, -0.05) is 84.0 Å². The third kappa shape index (κ3) is 13.1. The molecule has 3 heterocycles. The van der Waals surface area contributed by atoms with Gasteiger partial charge in [0.1, 0.15) is 30.2 Å². The first kappa shape index (κ1) is 40.6. The van der Waals surface area contributed by atoms with Crippen molar-refractivity contribution in [3.63, 3.8) is 0 Å². The number of hydrogen-bond acceptors (Lipinski definition) is 15. The molecular weight excluding hydrogens is 699 g/mol. The number of fused-ring (bicyclic) bond motifs is 1. The summed E-state index contributed by atoms with van der Waals surface area (Å²) in [4.78, 5) is 53.3. The average molecular weight is 746 g/mol. The van der Waals surface area contributed by atoms with E-state index in [-0.39, 0.29) is 23.4 Å². The van der Waals surface area contributed by atoms with Crippen LogP contribution >= 0.6 is 23.5 Å². The Morgan fingerprint density at radius 2 is 1.40 bits per heavy atom. The fourth-order valence-corrected chi connectivity index (χ4v) is 8.58. The quantitative estimate of drug-likeness (QED) is 0.0678. The molecule has 3 unspecified atom stereocenters. The highest BCUT2D eigenvalue weighted by Crippen LogP contribution is 2.67. The van der Waals surface area contributed by atoms with Gasteiger partial charge >= 0.3 is 29.4 Å². The molecule has 2 aromatic heterocycles. The topological polar surface area (TPSA) is 285 Å². The first-order valence-corrected chi connectivity index (χ1v) is 20.4. The molecule has 48 heavy (non-hydrogen) atoms. The summed E-state index contributed by atoms with van der Waals surface area (Å²) in [6.45, 7) is 1.22. The van der Waals surface area contributed by atoms with Gasteiger partial charge in [0.2, 0.25) is 0 Å². The fourth-order valence-electron chi connectivity index (χ4n) is 5.10. The summed E-state index contributed by atoms with van der Waals surface area (Å²) in [7, 11) is -16.9. The zero-order valence-corrected chi connectivity index (χ0v) is 29.4. The number of carbonyl (C=O) groups is 1. The van der Waals surface area contributed by atoms with Gasteiger partial charge in [-0.15, -0.1) is 0 Å². The molecule has 274 valence electrons. The van der Waals surface area contributed by atoms with Crippen molar-refractivity contribution in [1.82, 2.24) is 19.5 Å². The molecule has 1 aliphatic rings. The van der Waals surface area contributed by atoms with Gasteiger partial charge in [0.05, 0.1) is 12.9 Å². The van der Waals surface area contributed by atoms with E-state index in [4.69, 9.17) is 10.5 Å². The second-order valence-electron chi connectivity index (χ2n) is 11.4. The number of nitrogens with zero attached hydrogens (tertiary/aromatic N) is 4. The van der Waals surface area contributed by atoms with Gasteiger partial charge in [-0.25, -0.2) is 28.6 Å². The molecule has 1 fully saturated rings. The lowest BCUT2D eigenvalue weighted by Crippen LogP contribution is -2.33. The SMILES string of the molecule is CCCCCCCCCCCCCCCC(=O)OP(=O)(O)OP(=O)(O)OP(=O)(O)OC[C@H]1O[C@@H](n2cnc3c(N)ncnc32)[C@H](O)[C@@H]1O. The first-order valence-electron chi connectivity index (χ1n) is 15.9. The van der Waals surface area contributed by atoms with E-state index in [9.17, 15) is 43.4 Å². The molecule has 0 saturated carbocycles. The highest BCUT2D eigenvalue weighted by atomic mass is 31.3. The maximum Gasteiger partial charge on any atom is 0.538 e. The van der Waals surface area contributed by atoms with Crippen LogP contribution in [0.15, 0.2) is 12.7 Å². The molecule has 0 spiro atoms. The summed E-state index contributed by atoms with van der Waals surface area (Å²) in [6.07, 6.45) is 9.82. The number of nitrogens with two attached hydrogens (primary N) is 1. The first-order chi connectivity index (χ1) is 22.6. The van der Waals surface area contributed by atoms with Gasteiger partial charge < -0.3 is 35.0 Å². The number of phosphoric ester groups is 2. The molecule has 3 rings (SSSR count). The highest BCUT2D eigenvalue weighted by Gasteiger charge is 2.47. The Hall–Kier alpha value is -1.85. The van der Waals surface area contributed by atoms with Crippen LogP contribution in [0, 0.1) is 0 Å². The van der Waals surface area contributed by atoms with E-state index < -0.39 is 60.6 Å². The summed E-state index contributed by atoms with van der Waals surface area (Å²) in [6, 6.07) is 0. The van der Waals surface area contributed by atoms with E-state index in [0.29, 0.717) is 12.8 Å². The number of aliphatic hydroxyl groups excluding tert-OH is 2. The Balaban J connectivity index is 1.35. The van der Waals surface area contributed by atoms with Gasteiger partial charge in [0.15, 0.2) is 17.7 Å². The van der Waals surface area contributed by atoms with Gasteiger partial charge in [0.25, 0.3) is 0 Å². The van der Waals surface area contributed by atoms with Crippen molar-refractivity contribution >= 4 is 46.4 Å². The van der Waals surface area contributed by atoms with Crippen molar-refractivity contribution in [3.05, 3.63) is 12.7 Å².